The number of benzene rings is 1. The summed E-state index contributed by atoms with van der Waals surface area (Å²) in [6.07, 6.45) is 2.70. The Hall–Kier alpha value is -1.30. The van der Waals surface area contributed by atoms with E-state index >= 15 is 0 Å². The first kappa shape index (κ1) is 14.6. The zero-order valence-electron chi connectivity index (χ0n) is 12.8. The molecule has 0 aromatic heterocycles. The minimum atomic E-state index is 0.335. The maximum absolute atomic E-state index is 5.99. The molecule has 0 bridgehead atoms. The Morgan fingerprint density at radius 1 is 1.29 bits per heavy atom. The summed E-state index contributed by atoms with van der Waals surface area (Å²) in [7, 11) is 2.16. The molecule has 2 heterocycles. The largest absolute Gasteiger partial charge is 0.467 e. The van der Waals surface area contributed by atoms with Gasteiger partial charge >= 0.3 is 0 Å². The Morgan fingerprint density at radius 3 is 2.90 bits per heavy atom. The maximum Gasteiger partial charge on any atom is 0.189 e. The van der Waals surface area contributed by atoms with Crippen LogP contribution < -0.4 is 10.5 Å². The molecule has 5 nitrogen and oxygen atoms in total. The standard InChI is InChI=1S/C16H25N3O2/c1-18(6-7-19-4-2-3-5-19)10-13-8-15(17)9-14-11-20-12-21-16(13)14/h8-9H,2-7,10-12,17H2,1H3. The molecule has 0 spiro atoms. The van der Waals surface area contributed by atoms with Crippen LogP contribution in [-0.2, 0) is 17.9 Å². The van der Waals surface area contributed by atoms with Gasteiger partial charge in [-0.1, -0.05) is 0 Å². The zero-order valence-corrected chi connectivity index (χ0v) is 12.8. The monoisotopic (exact) mass is 291 g/mol. The third-order valence-corrected chi connectivity index (χ3v) is 4.25. The quantitative estimate of drug-likeness (QED) is 0.836. The highest BCUT2D eigenvalue weighted by Gasteiger charge is 2.18. The Labute approximate surface area is 126 Å². The lowest BCUT2D eigenvalue weighted by atomic mass is 10.1. The van der Waals surface area contributed by atoms with Crippen LogP contribution in [0.3, 0.4) is 0 Å². The Morgan fingerprint density at radius 2 is 2.10 bits per heavy atom. The van der Waals surface area contributed by atoms with Crippen molar-refractivity contribution in [1.82, 2.24) is 9.80 Å². The highest BCUT2D eigenvalue weighted by Crippen LogP contribution is 2.31. The van der Waals surface area contributed by atoms with Gasteiger partial charge in [-0.05, 0) is 45.1 Å². The second-order valence-corrected chi connectivity index (χ2v) is 6.07. The summed E-state index contributed by atoms with van der Waals surface area (Å²) >= 11 is 0. The number of rotatable bonds is 5. The van der Waals surface area contributed by atoms with Gasteiger partial charge in [0.05, 0.1) is 6.61 Å². The van der Waals surface area contributed by atoms with Crippen LogP contribution in [0.5, 0.6) is 5.75 Å². The summed E-state index contributed by atoms with van der Waals surface area (Å²) in [4.78, 5) is 4.88. The third kappa shape index (κ3) is 3.67. The molecule has 2 N–H and O–H groups in total. The fraction of sp³-hybridized carbons (Fsp3) is 0.625. The van der Waals surface area contributed by atoms with Gasteiger partial charge in [-0.15, -0.1) is 0 Å². The van der Waals surface area contributed by atoms with E-state index in [1.807, 2.05) is 12.1 Å². The van der Waals surface area contributed by atoms with Crippen LogP contribution in [-0.4, -0.2) is 49.8 Å². The van der Waals surface area contributed by atoms with Crippen molar-refractivity contribution >= 4 is 5.69 Å². The van der Waals surface area contributed by atoms with Crippen molar-refractivity contribution in [2.45, 2.75) is 26.0 Å². The van der Waals surface area contributed by atoms with Gasteiger partial charge < -0.3 is 25.0 Å². The smallest absolute Gasteiger partial charge is 0.189 e. The lowest BCUT2D eigenvalue weighted by Crippen LogP contribution is -2.31. The van der Waals surface area contributed by atoms with Gasteiger partial charge in [0.25, 0.3) is 0 Å². The lowest BCUT2D eigenvalue weighted by molar-refractivity contribution is -0.0173. The van der Waals surface area contributed by atoms with Gasteiger partial charge in [0.2, 0.25) is 0 Å². The molecule has 21 heavy (non-hydrogen) atoms. The van der Waals surface area contributed by atoms with Gasteiger partial charge in [0.1, 0.15) is 5.75 Å². The number of nitrogens with two attached hydrogens (primary N) is 1. The first-order valence-corrected chi connectivity index (χ1v) is 7.75. The molecule has 2 aliphatic rings. The molecule has 116 valence electrons. The molecule has 0 amide bonds. The number of ether oxygens (including phenoxy) is 2. The molecular formula is C16H25N3O2. The van der Waals surface area contributed by atoms with Crippen molar-refractivity contribution < 1.29 is 9.47 Å². The minimum absolute atomic E-state index is 0.335. The second-order valence-electron chi connectivity index (χ2n) is 6.07. The van der Waals surface area contributed by atoms with Gasteiger partial charge in [-0.2, -0.15) is 0 Å². The molecule has 0 saturated carbocycles. The summed E-state index contributed by atoms with van der Waals surface area (Å²) in [5.41, 5.74) is 9.00. The first-order valence-electron chi connectivity index (χ1n) is 7.75. The SMILES string of the molecule is CN(CCN1CCCC1)Cc1cc(N)cc2c1OCOC2. The van der Waals surface area contributed by atoms with E-state index in [4.69, 9.17) is 15.2 Å². The highest BCUT2D eigenvalue weighted by molar-refractivity contribution is 5.53. The molecule has 0 unspecified atom stereocenters. The Bertz CT molecular complexity index is 487. The molecule has 3 rings (SSSR count). The fourth-order valence-corrected chi connectivity index (χ4v) is 3.13. The number of fused-ring (bicyclic) bond motifs is 1. The molecule has 1 saturated heterocycles. The number of nitrogen functional groups attached to an aromatic ring is 1. The number of anilines is 1. The Kier molecular flexibility index (Phi) is 4.63. The van der Waals surface area contributed by atoms with Crippen LogP contribution in [0.4, 0.5) is 5.69 Å². The van der Waals surface area contributed by atoms with Gasteiger partial charge in [-0.3, -0.25) is 0 Å². The molecule has 0 atom stereocenters. The van der Waals surface area contributed by atoms with Crippen molar-refractivity contribution in [3.8, 4) is 5.75 Å². The summed E-state index contributed by atoms with van der Waals surface area (Å²) < 4.78 is 11.0. The molecular weight excluding hydrogens is 266 g/mol. The molecule has 5 heteroatoms. The van der Waals surface area contributed by atoms with E-state index in [1.165, 1.54) is 25.9 Å². The van der Waals surface area contributed by atoms with Crippen molar-refractivity contribution in [3.63, 3.8) is 0 Å². The maximum atomic E-state index is 5.99. The molecule has 1 fully saturated rings. The van der Waals surface area contributed by atoms with Gasteiger partial charge in [0.15, 0.2) is 6.79 Å². The number of likely N-dealkylation sites (tertiary alicyclic amines) is 1. The normalized spacial score (nSPS) is 18.8. The third-order valence-electron chi connectivity index (χ3n) is 4.25. The summed E-state index contributed by atoms with van der Waals surface area (Å²) in [5.74, 6) is 0.962. The summed E-state index contributed by atoms with van der Waals surface area (Å²) in [6.45, 7) is 6.50. The predicted molar refractivity (Wildman–Crippen MR) is 83.1 cm³/mol. The van der Waals surface area contributed by atoms with Crippen LogP contribution in [0.1, 0.15) is 24.0 Å². The van der Waals surface area contributed by atoms with Crippen LogP contribution >= 0.6 is 0 Å². The average molecular weight is 291 g/mol. The molecule has 0 aliphatic carbocycles. The Balaban J connectivity index is 1.62. The number of hydrogen-bond donors (Lipinski definition) is 1. The van der Waals surface area contributed by atoms with Crippen LogP contribution in [0.25, 0.3) is 0 Å². The number of likely N-dealkylation sites (N-methyl/N-ethyl adjacent to an activating group) is 1. The van der Waals surface area contributed by atoms with E-state index in [0.29, 0.717) is 13.4 Å². The van der Waals surface area contributed by atoms with Crippen molar-refractivity contribution in [3.05, 3.63) is 23.3 Å². The topological polar surface area (TPSA) is 51.0 Å². The number of nitrogens with zero attached hydrogens (tertiary/aromatic N) is 2. The molecule has 2 aliphatic heterocycles. The van der Waals surface area contributed by atoms with Gasteiger partial charge in [0, 0.05) is 36.4 Å². The highest BCUT2D eigenvalue weighted by atomic mass is 16.7. The molecule has 1 aromatic carbocycles. The average Bonchev–Trinajstić information content (AvgIpc) is 2.98. The van der Waals surface area contributed by atoms with Crippen LogP contribution in [0.2, 0.25) is 0 Å². The zero-order chi connectivity index (χ0) is 14.7. The first-order chi connectivity index (χ1) is 10.2. The van der Waals surface area contributed by atoms with Crippen molar-refractivity contribution in [2.75, 3.05) is 45.8 Å². The van der Waals surface area contributed by atoms with E-state index in [1.54, 1.807) is 0 Å². The lowest BCUT2D eigenvalue weighted by Gasteiger charge is -2.25. The van der Waals surface area contributed by atoms with E-state index in [0.717, 1.165) is 42.2 Å². The summed E-state index contributed by atoms with van der Waals surface area (Å²) in [5, 5.41) is 0. The van der Waals surface area contributed by atoms with E-state index in [2.05, 4.69) is 16.8 Å². The number of hydrogen-bond acceptors (Lipinski definition) is 5. The molecule has 0 radical (unpaired) electrons. The van der Waals surface area contributed by atoms with Crippen LogP contribution in [0, 0.1) is 0 Å². The minimum Gasteiger partial charge on any atom is -0.467 e. The second kappa shape index (κ2) is 6.64. The van der Waals surface area contributed by atoms with Crippen molar-refractivity contribution in [2.24, 2.45) is 0 Å². The van der Waals surface area contributed by atoms with E-state index in [9.17, 15) is 0 Å². The molecule has 1 aromatic rings. The summed E-state index contributed by atoms with van der Waals surface area (Å²) in [6, 6.07) is 3.97. The van der Waals surface area contributed by atoms with E-state index in [-0.39, 0.29) is 0 Å². The van der Waals surface area contributed by atoms with E-state index < -0.39 is 0 Å². The van der Waals surface area contributed by atoms with Crippen molar-refractivity contribution in [1.29, 1.82) is 0 Å². The van der Waals surface area contributed by atoms with Gasteiger partial charge in [-0.25, -0.2) is 0 Å². The predicted octanol–water partition coefficient (Wildman–Crippen LogP) is 1.66. The fourth-order valence-electron chi connectivity index (χ4n) is 3.13. The van der Waals surface area contributed by atoms with Crippen LogP contribution in [0.15, 0.2) is 12.1 Å².